The molecule has 0 amide bonds. The van der Waals surface area contributed by atoms with Crippen LogP contribution in [0.2, 0.25) is 0 Å². The number of halogens is 1. The van der Waals surface area contributed by atoms with Gasteiger partial charge in [-0.25, -0.2) is 4.68 Å². The maximum atomic E-state index is 5.85. The summed E-state index contributed by atoms with van der Waals surface area (Å²) in [5, 5.41) is 7.82. The molecule has 0 fully saturated rings. The third-order valence-corrected chi connectivity index (χ3v) is 4.93. The summed E-state index contributed by atoms with van der Waals surface area (Å²) < 4.78 is 8.27. The van der Waals surface area contributed by atoms with Crippen LogP contribution in [0.15, 0.2) is 53.0 Å². The van der Waals surface area contributed by atoms with E-state index < -0.39 is 0 Å². The van der Waals surface area contributed by atoms with Gasteiger partial charge in [0.25, 0.3) is 0 Å². The van der Waals surface area contributed by atoms with Crippen molar-refractivity contribution in [2.75, 3.05) is 18.2 Å². The van der Waals surface area contributed by atoms with Crippen molar-refractivity contribution in [3.8, 4) is 5.75 Å². The van der Waals surface area contributed by atoms with E-state index in [0.29, 0.717) is 5.95 Å². The fourth-order valence-corrected chi connectivity index (χ4v) is 3.68. The number of aromatic nitrogens is 3. The number of benzene rings is 2. The van der Waals surface area contributed by atoms with Crippen LogP contribution in [0.5, 0.6) is 5.75 Å². The number of nitrogens with one attached hydrogen (secondary N) is 1. The van der Waals surface area contributed by atoms with Crippen LogP contribution in [-0.2, 0) is 0 Å². The molecule has 0 spiro atoms. The largest absolute Gasteiger partial charge is 0.497 e. The second kappa shape index (κ2) is 6.40. The van der Waals surface area contributed by atoms with Crippen molar-refractivity contribution in [2.24, 2.45) is 0 Å². The van der Waals surface area contributed by atoms with E-state index >= 15 is 0 Å². The zero-order valence-electron chi connectivity index (χ0n) is 13.7. The minimum atomic E-state index is 0.0507. The van der Waals surface area contributed by atoms with E-state index in [2.05, 4.69) is 49.5 Å². The molecule has 2 atom stereocenters. The van der Waals surface area contributed by atoms with Crippen molar-refractivity contribution in [1.82, 2.24) is 14.8 Å². The lowest BCUT2D eigenvalue weighted by Gasteiger charge is -2.31. The lowest BCUT2D eigenvalue weighted by Crippen LogP contribution is -2.28. The van der Waals surface area contributed by atoms with E-state index in [1.807, 2.05) is 35.0 Å². The van der Waals surface area contributed by atoms with Gasteiger partial charge >= 0.3 is 0 Å². The number of hydrogen-bond donors (Lipinski definition) is 2. The predicted octanol–water partition coefficient (Wildman–Crippen LogP) is 3.78. The number of nitrogen functional groups attached to an aromatic ring is 1. The lowest BCUT2D eigenvalue weighted by atomic mass is 9.93. The Morgan fingerprint density at radius 3 is 2.80 bits per heavy atom. The van der Waals surface area contributed by atoms with Crippen LogP contribution in [0.1, 0.15) is 29.6 Å². The molecule has 0 unspecified atom stereocenters. The van der Waals surface area contributed by atoms with Crippen molar-refractivity contribution >= 4 is 27.8 Å². The van der Waals surface area contributed by atoms with Gasteiger partial charge < -0.3 is 15.8 Å². The Hall–Kier alpha value is -2.54. The number of anilines is 2. The Labute approximate surface area is 154 Å². The van der Waals surface area contributed by atoms with E-state index in [4.69, 9.17) is 10.5 Å². The zero-order valence-corrected chi connectivity index (χ0v) is 15.3. The van der Waals surface area contributed by atoms with Gasteiger partial charge in [-0.3, -0.25) is 0 Å². The van der Waals surface area contributed by atoms with Crippen LogP contribution >= 0.6 is 15.9 Å². The first-order chi connectivity index (χ1) is 12.1. The first-order valence-corrected chi connectivity index (χ1v) is 8.81. The van der Waals surface area contributed by atoms with Gasteiger partial charge in [-0.05, 0) is 41.8 Å². The van der Waals surface area contributed by atoms with E-state index in [0.717, 1.165) is 27.8 Å². The molecule has 0 saturated heterocycles. The molecule has 0 aliphatic carbocycles. The summed E-state index contributed by atoms with van der Waals surface area (Å²) in [4.78, 5) is 4.34. The highest BCUT2D eigenvalue weighted by Gasteiger charge is 2.31. The van der Waals surface area contributed by atoms with Crippen molar-refractivity contribution in [1.29, 1.82) is 0 Å². The number of methoxy groups -OCH3 is 1. The minimum Gasteiger partial charge on any atom is -0.497 e. The zero-order chi connectivity index (χ0) is 17.4. The summed E-state index contributed by atoms with van der Waals surface area (Å²) in [6.45, 7) is 0. The Balaban J connectivity index is 1.76. The number of rotatable bonds is 3. The summed E-state index contributed by atoms with van der Waals surface area (Å²) in [5.74, 6) is 1.79. The van der Waals surface area contributed by atoms with Crippen molar-refractivity contribution in [3.63, 3.8) is 0 Å². The van der Waals surface area contributed by atoms with Gasteiger partial charge in [0.1, 0.15) is 5.75 Å². The van der Waals surface area contributed by atoms with Gasteiger partial charge in [0, 0.05) is 4.47 Å². The van der Waals surface area contributed by atoms with Gasteiger partial charge in [-0.2, -0.15) is 4.98 Å². The molecule has 6 nitrogen and oxygen atoms in total. The Morgan fingerprint density at radius 1 is 1.20 bits per heavy atom. The van der Waals surface area contributed by atoms with Crippen LogP contribution in [0.4, 0.5) is 11.9 Å². The summed E-state index contributed by atoms with van der Waals surface area (Å²) >= 11 is 3.55. The van der Waals surface area contributed by atoms with Crippen molar-refractivity contribution < 1.29 is 4.74 Å². The second-order valence-electron chi connectivity index (χ2n) is 6.02. The van der Waals surface area contributed by atoms with Crippen LogP contribution in [0.25, 0.3) is 0 Å². The topological polar surface area (TPSA) is 78.0 Å². The van der Waals surface area contributed by atoms with Crippen LogP contribution in [0.3, 0.4) is 0 Å². The standard InChI is InChI=1S/C18H18BrN5O/c1-25-14-7-3-4-11(9-14)15-10-16(12-5-2-6-13(19)8-12)24-18(21-15)22-17(20)23-24/h2-9,15-16H,10H2,1H3,(H3,20,21,22,23)/t15-,16-/m0/s1. The second-order valence-corrected chi connectivity index (χ2v) is 6.93. The van der Waals surface area contributed by atoms with E-state index in [1.165, 1.54) is 0 Å². The van der Waals surface area contributed by atoms with E-state index in [-0.39, 0.29) is 18.0 Å². The molecule has 0 radical (unpaired) electrons. The summed E-state index contributed by atoms with van der Waals surface area (Å²) in [7, 11) is 1.68. The molecule has 4 rings (SSSR count). The smallest absolute Gasteiger partial charge is 0.241 e. The summed E-state index contributed by atoms with van der Waals surface area (Å²) in [6, 6.07) is 16.5. The quantitative estimate of drug-likeness (QED) is 0.700. The van der Waals surface area contributed by atoms with Crippen LogP contribution in [0, 0.1) is 0 Å². The van der Waals surface area contributed by atoms with Gasteiger partial charge in [0.2, 0.25) is 11.9 Å². The SMILES string of the molecule is COc1cccc([C@@H]2C[C@@H](c3cccc(Br)c3)n3nc(N)nc3N2)c1. The third-order valence-electron chi connectivity index (χ3n) is 4.43. The van der Waals surface area contributed by atoms with Crippen LogP contribution < -0.4 is 15.8 Å². The van der Waals surface area contributed by atoms with Gasteiger partial charge in [0.05, 0.1) is 19.2 Å². The molecule has 3 N–H and O–H groups in total. The van der Waals surface area contributed by atoms with Gasteiger partial charge in [0.15, 0.2) is 0 Å². The molecule has 2 heterocycles. The highest BCUT2D eigenvalue weighted by molar-refractivity contribution is 9.10. The first kappa shape index (κ1) is 16.0. The Bertz CT molecular complexity index is 910. The number of nitrogens with two attached hydrogens (primary N) is 1. The van der Waals surface area contributed by atoms with Crippen molar-refractivity contribution in [3.05, 3.63) is 64.1 Å². The van der Waals surface area contributed by atoms with E-state index in [9.17, 15) is 0 Å². The number of nitrogens with zero attached hydrogens (tertiary/aromatic N) is 3. The summed E-state index contributed by atoms with van der Waals surface area (Å²) in [6.07, 6.45) is 0.833. The lowest BCUT2D eigenvalue weighted by molar-refractivity contribution is 0.410. The fraction of sp³-hybridized carbons (Fsp3) is 0.222. The van der Waals surface area contributed by atoms with Gasteiger partial charge in [-0.15, -0.1) is 5.10 Å². The average molecular weight is 400 g/mol. The maximum absolute atomic E-state index is 5.85. The molecule has 1 aliphatic heterocycles. The molecule has 0 bridgehead atoms. The van der Waals surface area contributed by atoms with E-state index in [1.54, 1.807) is 7.11 Å². The molecule has 3 aromatic rings. The molecule has 1 aromatic heterocycles. The first-order valence-electron chi connectivity index (χ1n) is 8.02. The number of hydrogen-bond acceptors (Lipinski definition) is 5. The monoisotopic (exact) mass is 399 g/mol. The molecular formula is C18H18BrN5O. The Morgan fingerprint density at radius 2 is 2.00 bits per heavy atom. The molecule has 1 aliphatic rings. The highest BCUT2D eigenvalue weighted by atomic mass is 79.9. The predicted molar refractivity (Wildman–Crippen MR) is 101 cm³/mol. The highest BCUT2D eigenvalue weighted by Crippen LogP contribution is 2.39. The maximum Gasteiger partial charge on any atom is 0.241 e. The molecule has 0 saturated carbocycles. The molecule has 25 heavy (non-hydrogen) atoms. The van der Waals surface area contributed by atoms with Crippen molar-refractivity contribution in [2.45, 2.75) is 18.5 Å². The Kier molecular flexibility index (Phi) is 4.09. The number of fused-ring (bicyclic) bond motifs is 1. The minimum absolute atomic E-state index is 0.0507. The average Bonchev–Trinajstić information content (AvgIpc) is 3.01. The molecule has 2 aromatic carbocycles. The molecule has 128 valence electrons. The fourth-order valence-electron chi connectivity index (χ4n) is 3.26. The molecular weight excluding hydrogens is 382 g/mol. The third kappa shape index (κ3) is 3.07. The van der Waals surface area contributed by atoms with Crippen LogP contribution in [-0.4, -0.2) is 21.9 Å². The normalized spacial score (nSPS) is 19.1. The molecule has 7 heteroatoms. The van der Waals surface area contributed by atoms with Gasteiger partial charge in [-0.1, -0.05) is 40.2 Å². The number of ether oxygens (including phenoxy) is 1. The summed E-state index contributed by atoms with van der Waals surface area (Å²) in [5.41, 5.74) is 8.15.